The molecule has 1 fully saturated rings. The van der Waals surface area contributed by atoms with Gasteiger partial charge in [-0.1, -0.05) is 18.2 Å². The van der Waals surface area contributed by atoms with Gasteiger partial charge in [-0.25, -0.2) is 4.79 Å². The minimum absolute atomic E-state index is 0.272. The summed E-state index contributed by atoms with van der Waals surface area (Å²) in [6.07, 6.45) is 6.57. The van der Waals surface area contributed by atoms with Crippen molar-refractivity contribution in [3.8, 4) is 0 Å². The van der Waals surface area contributed by atoms with Gasteiger partial charge < -0.3 is 5.11 Å². The molecule has 1 aromatic rings. The topological polar surface area (TPSA) is 61.7 Å². The van der Waals surface area contributed by atoms with E-state index in [0.29, 0.717) is 11.8 Å². The van der Waals surface area contributed by atoms with Crippen LogP contribution in [-0.2, 0) is 0 Å². The van der Waals surface area contributed by atoms with E-state index in [4.69, 9.17) is 5.11 Å². The van der Waals surface area contributed by atoms with Gasteiger partial charge in [-0.05, 0) is 37.0 Å². The number of carboxylic acids is 1. The number of allylic oxidation sites excluding steroid dienone is 2. The monoisotopic (exact) mass is 242 g/mol. The van der Waals surface area contributed by atoms with Crippen LogP contribution in [-0.4, -0.2) is 16.8 Å². The van der Waals surface area contributed by atoms with Gasteiger partial charge in [-0.2, -0.15) is 5.10 Å². The Balaban J connectivity index is 1.68. The Morgan fingerprint density at radius 2 is 2.33 bits per heavy atom. The van der Waals surface area contributed by atoms with Gasteiger partial charge in [0.1, 0.15) is 0 Å². The summed E-state index contributed by atoms with van der Waals surface area (Å²) in [4.78, 5) is 10.8. The third-order valence-corrected chi connectivity index (χ3v) is 3.60. The number of carbonyl (C=O) groups is 1. The molecule has 0 aliphatic heterocycles. The van der Waals surface area contributed by atoms with Gasteiger partial charge in [-0.15, -0.1) is 0 Å². The largest absolute Gasteiger partial charge is 0.478 e. The zero-order chi connectivity index (χ0) is 12.5. The van der Waals surface area contributed by atoms with E-state index in [2.05, 4.69) is 22.7 Å². The number of anilines is 1. The summed E-state index contributed by atoms with van der Waals surface area (Å²) in [5.74, 6) is 0.325. The first-order valence-corrected chi connectivity index (χ1v) is 6.06. The van der Waals surface area contributed by atoms with Gasteiger partial charge in [0.05, 0.1) is 11.3 Å². The van der Waals surface area contributed by atoms with Crippen molar-refractivity contribution >= 4 is 17.4 Å². The van der Waals surface area contributed by atoms with Gasteiger partial charge >= 0.3 is 5.97 Å². The molecule has 18 heavy (non-hydrogen) atoms. The van der Waals surface area contributed by atoms with Crippen molar-refractivity contribution in [3.05, 3.63) is 42.0 Å². The van der Waals surface area contributed by atoms with Crippen molar-refractivity contribution in [3.63, 3.8) is 0 Å². The fourth-order valence-corrected chi connectivity index (χ4v) is 2.52. The summed E-state index contributed by atoms with van der Waals surface area (Å²) in [5, 5.41) is 13.3. The summed E-state index contributed by atoms with van der Waals surface area (Å²) in [6, 6.07) is 6.70. The Kier molecular flexibility index (Phi) is 2.63. The molecule has 2 atom stereocenters. The van der Waals surface area contributed by atoms with Crippen LogP contribution in [0.4, 0.5) is 5.69 Å². The Bertz CT molecular complexity index is 548. The molecule has 92 valence electrons. The van der Waals surface area contributed by atoms with E-state index < -0.39 is 5.97 Å². The maximum absolute atomic E-state index is 10.8. The van der Waals surface area contributed by atoms with E-state index in [0.717, 1.165) is 18.5 Å². The highest BCUT2D eigenvalue weighted by molar-refractivity contribution is 5.94. The number of nitrogens with one attached hydrogen (secondary N) is 1. The zero-order valence-electron chi connectivity index (χ0n) is 9.84. The number of rotatable bonds is 3. The molecule has 0 spiro atoms. The average Bonchev–Trinajstić information content (AvgIpc) is 2.72. The number of carboxylic acid groups (broad SMARTS) is 1. The van der Waals surface area contributed by atoms with E-state index in [-0.39, 0.29) is 5.56 Å². The highest BCUT2D eigenvalue weighted by atomic mass is 16.4. The van der Waals surface area contributed by atoms with Gasteiger partial charge in [0.15, 0.2) is 0 Å². The highest BCUT2D eigenvalue weighted by Gasteiger charge is 2.37. The van der Waals surface area contributed by atoms with E-state index in [1.54, 1.807) is 18.2 Å². The molecular formula is C14H14N2O2. The SMILES string of the molecule is O=C(O)c1cccc(N/N=C2\CC3C=CCC23)c1. The van der Waals surface area contributed by atoms with Crippen LogP contribution >= 0.6 is 0 Å². The second-order valence-electron chi connectivity index (χ2n) is 4.74. The lowest BCUT2D eigenvalue weighted by Crippen LogP contribution is -2.33. The molecule has 4 nitrogen and oxygen atoms in total. The van der Waals surface area contributed by atoms with Crippen LogP contribution in [0.1, 0.15) is 23.2 Å². The van der Waals surface area contributed by atoms with E-state index in [9.17, 15) is 4.79 Å². The standard InChI is InChI=1S/C14H14N2O2/c17-14(18)10-4-1-5-11(7-10)15-16-13-8-9-3-2-6-12(9)13/h1-5,7,9,12,15H,6,8H2,(H,17,18)/b16-13+. The number of fused-ring (bicyclic) bond motifs is 1. The fraction of sp³-hybridized carbons (Fsp3) is 0.286. The van der Waals surface area contributed by atoms with Crippen molar-refractivity contribution < 1.29 is 9.90 Å². The van der Waals surface area contributed by atoms with Crippen molar-refractivity contribution in [1.82, 2.24) is 0 Å². The normalized spacial score (nSPS) is 26.8. The third kappa shape index (κ3) is 1.90. The maximum atomic E-state index is 10.8. The first-order chi connectivity index (χ1) is 8.74. The molecule has 1 saturated carbocycles. The maximum Gasteiger partial charge on any atom is 0.335 e. The Morgan fingerprint density at radius 3 is 3.11 bits per heavy atom. The Morgan fingerprint density at radius 1 is 1.44 bits per heavy atom. The van der Waals surface area contributed by atoms with Gasteiger partial charge in [0, 0.05) is 11.6 Å². The van der Waals surface area contributed by atoms with Crippen molar-refractivity contribution in [2.45, 2.75) is 12.8 Å². The number of hydrogen-bond donors (Lipinski definition) is 2. The van der Waals surface area contributed by atoms with Gasteiger partial charge in [0.25, 0.3) is 0 Å². The van der Waals surface area contributed by atoms with E-state index in [1.807, 2.05) is 6.07 Å². The molecular weight excluding hydrogens is 228 g/mol. The highest BCUT2D eigenvalue weighted by Crippen LogP contribution is 2.40. The number of nitrogens with zero attached hydrogens (tertiary/aromatic N) is 1. The van der Waals surface area contributed by atoms with Crippen molar-refractivity contribution in [1.29, 1.82) is 0 Å². The molecule has 2 aliphatic carbocycles. The summed E-state index contributed by atoms with van der Waals surface area (Å²) in [7, 11) is 0. The van der Waals surface area contributed by atoms with Crippen LogP contribution < -0.4 is 5.43 Å². The predicted octanol–water partition coefficient (Wildman–Crippen LogP) is 2.75. The molecule has 0 amide bonds. The van der Waals surface area contributed by atoms with Crippen LogP contribution in [0.5, 0.6) is 0 Å². The summed E-state index contributed by atoms with van der Waals surface area (Å²) >= 11 is 0. The number of benzene rings is 1. The lowest BCUT2D eigenvalue weighted by atomic mass is 9.74. The van der Waals surface area contributed by atoms with Crippen molar-refractivity contribution in [2.24, 2.45) is 16.9 Å². The van der Waals surface area contributed by atoms with Crippen molar-refractivity contribution in [2.75, 3.05) is 5.43 Å². The molecule has 0 heterocycles. The van der Waals surface area contributed by atoms with Crippen LogP contribution in [0.15, 0.2) is 41.5 Å². The molecule has 0 saturated heterocycles. The number of hydrazone groups is 1. The molecule has 1 aromatic carbocycles. The van der Waals surface area contributed by atoms with Crippen LogP contribution in [0.3, 0.4) is 0 Å². The molecule has 0 radical (unpaired) electrons. The minimum Gasteiger partial charge on any atom is -0.478 e. The zero-order valence-corrected chi connectivity index (χ0v) is 9.84. The average molecular weight is 242 g/mol. The van der Waals surface area contributed by atoms with Crippen LogP contribution in [0.25, 0.3) is 0 Å². The number of aromatic carboxylic acids is 1. The minimum atomic E-state index is -0.921. The predicted molar refractivity (Wildman–Crippen MR) is 69.8 cm³/mol. The second kappa shape index (κ2) is 4.29. The summed E-state index contributed by atoms with van der Waals surface area (Å²) < 4.78 is 0. The van der Waals surface area contributed by atoms with E-state index in [1.165, 1.54) is 5.71 Å². The molecule has 4 heteroatoms. The lowest BCUT2D eigenvalue weighted by Gasteiger charge is -2.31. The molecule has 2 aliphatic rings. The van der Waals surface area contributed by atoms with Crippen LogP contribution in [0, 0.1) is 11.8 Å². The summed E-state index contributed by atoms with van der Waals surface area (Å²) in [5.41, 5.74) is 5.13. The third-order valence-electron chi connectivity index (χ3n) is 3.60. The second-order valence-corrected chi connectivity index (χ2v) is 4.74. The van der Waals surface area contributed by atoms with Gasteiger partial charge in [-0.3, -0.25) is 5.43 Å². The Hall–Kier alpha value is -2.10. The molecule has 2 unspecified atom stereocenters. The molecule has 3 rings (SSSR count). The molecule has 2 N–H and O–H groups in total. The molecule has 0 aromatic heterocycles. The van der Waals surface area contributed by atoms with Crippen LogP contribution in [0.2, 0.25) is 0 Å². The summed E-state index contributed by atoms with van der Waals surface area (Å²) in [6.45, 7) is 0. The van der Waals surface area contributed by atoms with E-state index >= 15 is 0 Å². The van der Waals surface area contributed by atoms with Gasteiger partial charge in [0.2, 0.25) is 0 Å². The Labute approximate surface area is 105 Å². The smallest absolute Gasteiger partial charge is 0.335 e. The fourth-order valence-electron chi connectivity index (χ4n) is 2.52. The molecule has 0 bridgehead atoms. The first-order valence-electron chi connectivity index (χ1n) is 6.06. The lowest BCUT2D eigenvalue weighted by molar-refractivity contribution is 0.0697. The number of hydrogen-bond acceptors (Lipinski definition) is 3. The quantitative estimate of drug-likeness (QED) is 0.632. The first kappa shape index (κ1) is 11.0.